The van der Waals surface area contributed by atoms with Crippen LogP contribution in [0.3, 0.4) is 0 Å². The van der Waals surface area contributed by atoms with E-state index in [-0.39, 0.29) is 5.92 Å². The molecule has 2 saturated heterocycles. The van der Waals surface area contributed by atoms with Crippen LogP contribution < -0.4 is 11.2 Å². The molecule has 0 aliphatic carbocycles. The largest absolute Gasteiger partial charge is 0.512 e. The van der Waals surface area contributed by atoms with Crippen LogP contribution in [0.15, 0.2) is 36.4 Å². The summed E-state index contributed by atoms with van der Waals surface area (Å²) >= 11 is 0. The van der Waals surface area contributed by atoms with Crippen molar-refractivity contribution in [3.63, 3.8) is 0 Å². The fourth-order valence-corrected chi connectivity index (χ4v) is 5.54. The van der Waals surface area contributed by atoms with Crippen LogP contribution in [-0.4, -0.2) is 46.6 Å². The molecule has 0 radical (unpaired) electrons. The maximum Gasteiger partial charge on any atom is 0.512 e. The standard InChI is InChI=1S/C30H42B2N2O4/c1-18-16-19(2)25(20(3)17-18)26(21-12-14-23(33-21)31-35-27(4,5)28(6,7)36-31)22-13-15-24(34-22)32-37-29(8,9)30(10,11)38-32/h12-17,26,33-34H,1-11H3. The van der Waals surface area contributed by atoms with Crippen LogP contribution in [0.5, 0.6) is 0 Å². The highest BCUT2D eigenvalue weighted by atomic mass is 16.7. The maximum atomic E-state index is 6.33. The molecule has 38 heavy (non-hydrogen) atoms. The van der Waals surface area contributed by atoms with Gasteiger partial charge in [0.2, 0.25) is 0 Å². The molecule has 6 nitrogen and oxygen atoms in total. The molecule has 2 fully saturated rings. The summed E-state index contributed by atoms with van der Waals surface area (Å²) in [4.78, 5) is 7.34. The lowest BCUT2D eigenvalue weighted by Gasteiger charge is -2.32. The van der Waals surface area contributed by atoms with Gasteiger partial charge in [0, 0.05) is 22.6 Å². The van der Waals surface area contributed by atoms with Crippen LogP contribution in [-0.2, 0) is 18.6 Å². The quantitative estimate of drug-likeness (QED) is 0.466. The molecule has 2 aliphatic rings. The Balaban J connectivity index is 1.55. The van der Waals surface area contributed by atoms with E-state index in [0.717, 1.165) is 22.6 Å². The van der Waals surface area contributed by atoms with E-state index < -0.39 is 36.6 Å². The minimum absolute atomic E-state index is 0.0389. The van der Waals surface area contributed by atoms with Crippen molar-refractivity contribution in [2.75, 3.05) is 0 Å². The molecule has 0 saturated carbocycles. The Kier molecular flexibility index (Phi) is 6.39. The van der Waals surface area contributed by atoms with Gasteiger partial charge in [-0.05, 0) is 117 Å². The molecule has 0 amide bonds. The Morgan fingerprint density at radius 3 is 1.26 bits per heavy atom. The predicted molar refractivity (Wildman–Crippen MR) is 155 cm³/mol. The summed E-state index contributed by atoms with van der Waals surface area (Å²) in [5, 5.41) is 0. The second-order valence-corrected chi connectivity index (χ2v) is 13.2. The number of aryl methyl sites for hydroxylation is 3. The van der Waals surface area contributed by atoms with Crippen LogP contribution in [0.1, 0.15) is 94.9 Å². The average molecular weight is 516 g/mol. The van der Waals surface area contributed by atoms with Crippen molar-refractivity contribution in [2.45, 2.75) is 104 Å². The molecule has 0 unspecified atom stereocenters. The van der Waals surface area contributed by atoms with E-state index in [1.165, 1.54) is 22.3 Å². The molecule has 1 aromatic carbocycles. The van der Waals surface area contributed by atoms with Gasteiger partial charge in [0.05, 0.1) is 28.3 Å². The van der Waals surface area contributed by atoms with E-state index in [1.807, 2.05) is 0 Å². The van der Waals surface area contributed by atoms with E-state index in [0.29, 0.717) is 0 Å². The van der Waals surface area contributed by atoms with Crippen molar-refractivity contribution in [3.05, 3.63) is 70.0 Å². The van der Waals surface area contributed by atoms with Crippen LogP contribution in [0.2, 0.25) is 0 Å². The van der Waals surface area contributed by atoms with Crippen LogP contribution in [0.25, 0.3) is 0 Å². The van der Waals surface area contributed by atoms with Gasteiger partial charge in [0.25, 0.3) is 0 Å². The highest BCUT2D eigenvalue weighted by Crippen LogP contribution is 2.39. The fraction of sp³-hybridized carbons (Fsp3) is 0.533. The molecular weight excluding hydrogens is 474 g/mol. The zero-order valence-electron chi connectivity index (χ0n) is 24.8. The van der Waals surface area contributed by atoms with Gasteiger partial charge >= 0.3 is 14.2 Å². The molecule has 2 aromatic heterocycles. The lowest BCUT2D eigenvalue weighted by atomic mass is 9.85. The first-order valence-corrected chi connectivity index (χ1v) is 13.7. The summed E-state index contributed by atoms with van der Waals surface area (Å²) in [5.41, 5.74) is 7.45. The van der Waals surface area contributed by atoms with Crippen molar-refractivity contribution in [2.24, 2.45) is 0 Å². The van der Waals surface area contributed by atoms with Gasteiger partial charge in [-0.15, -0.1) is 0 Å². The lowest BCUT2D eigenvalue weighted by Crippen LogP contribution is -2.41. The molecule has 3 aromatic rings. The van der Waals surface area contributed by atoms with Crippen LogP contribution in [0, 0.1) is 20.8 Å². The molecule has 5 rings (SSSR count). The SMILES string of the molecule is Cc1cc(C)c(C(c2ccc(B3OC(C)(C)C(C)(C)O3)[nH]2)c2ccc(B3OC(C)(C)C(C)(C)O3)[nH]2)c(C)c1. The number of benzene rings is 1. The van der Waals surface area contributed by atoms with Gasteiger partial charge in [-0.3, -0.25) is 0 Å². The summed E-state index contributed by atoms with van der Waals surface area (Å²) < 4.78 is 25.3. The first-order valence-electron chi connectivity index (χ1n) is 13.7. The number of hydrogen-bond acceptors (Lipinski definition) is 4. The van der Waals surface area contributed by atoms with Crippen molar-refractivity contribution in [3.8, 4) is 0 Å². The lowest BCUT2D eigenvalue weighted by molar-refractivity contribution is 0.00578. The van der Waals surface area contributed by atoms with E-state index in [2.05, 4.69) is 123 Å². The molecule has 0 bridgehead atoms. The van der Waals surface area contributed by atoms with Crippen molar-refractivity contribution >= 4 is 25.4 Å². The highest BCUT2D eigenvalue weighted by molar-refractivity contribution is 6.61. The van der Waals surface area contributed by atoms with E-state index in [9.17, 15) is 0 Å². The molecule has 202 valence electrons. The highest BCUT2D eigenvalue weighted by Gasteiger charge is 2.53. The van der Waals surface area contributed by atoms with Crippen LogP contribution in [0.4, 0.5) is 0 Å². The second kappa shape index (κ2) is 8.88. The number of aromatic nitrogens is 2. The Hall–Kier alpha value is -2.25. The minimum atomic E-state index is -0.446. The van der Waals surface area contributed by atoms with E-state index >= 15 is 0 Å². The summed E-state index contributed by atoms with van der Waals surface area (Å²) in [6, 6.07) is 13.0. The van der Waals surface area contributed by atoms with Gasteiger partial charge in [0.15, 0.2) is 0 Å². The molecule has 2 aliphatic heterocycles. The van der Waals surface area contributed by atoms with Crippen molar-refractivity contribution in [1.29, 1.82) is 0 Å². The number of nitrogens with one attached hydrogen (secondary N) is 2. The van der Waals surface area contributed by atoms with Gasteiger partial charge in [0.1, 0.15) is 0 Å². The number of rotatable bonds is 5. The first-order chi connectivity index (χ1) is 17.5. The van der Waals surface area contributed by atoms with Crippen LogP contribution >= 0.6 is 0 Å². The molecule has 2 N–H and O–H groups in total. The third kappa shape index (κ3) is 4.49. The van der Waals surface area contributed by atoms with Crippen molar-refractivity contribution < 1.29 is 18.6 Å². The third-order valence-corrected chi connectivity index (χ3v) is 9.13. The summed E-state index contributed by atoms with van der Waals surface area (Å²) in [6.45, 7) is 23.2. The van der Waals surface area contributed by atoms with Gasteiger partial charge in [-0.25, -0.2) is 0 Å². The summed E-state index contributed by atoms with van der Waals surface area (Å²) in [5.74, 6) is -0.0389. The van der Waals surface area contributed by atoms with E-state index in [4.69, 9.17) is 18.6 Å². The Morgan fingerprint density at radius 1 is 0.579 bits per heavy atom. The van der Waals surface area contributed by atoms with E-state index in [1.54, 1.807) is 0 Å². The van der Waals surface area contributed by atoms with Crippen molar-refractivity contribution in [1.82, 2.24) is 9.97 Å². The normalized spacial score (nSPS) is 21.6. The maximum absolute atomic E-state index is 6.33. The second-order valence-electron chi connectivity index (χ2n) is 13.2. The average Bonchev–Trinajstić information content (AvgIpc) is 3.51. The van der Waals surface area contributed by atoms with Gasteiger partial charge < -0.3 is 28.6 Å². The number of H-pyrrole nitrogens is 2. The molecular formula is C30H42B2N2O4. The number of aromatic amines is 2. The fourth-order valence-electron chi connectivity index (χ4n) is 5.54. The Bertz CT molecular complexity index is 1220. The monoisotopic (exact) mass is 516 g/mol. The topological polar surface area (TPSA) is 68.5 Å². The summed E-state index contributed by atoms with van der Waals surface area (Å²) in [7, 11) is -0.892. The molecule has 0 spiro atoms. The minimum Gasteiger partial charge on any atom is -0.398 e. The Morgan fingerprint density at radius 2 is 0.921 bits per heavy atom. The third-order valence-electron chi connectivity index (χ3n) is 9.13. The van der Waals surface area contributed by atoms with Gasteiger partial charge in [-0.1, -0.05) is 17.7 Å². The first kappa shape index (κ1) is 27.3. The summed E-state index contributed by atoms with van der Waals surface area (Å²) in [6.07, 6.45) is 0. The zero-order valence-corrected chi connectivity index (χ0v) is 24.8. The number of hydrogen-bond donors (Lipinski definition) is 2. The Labute approximate surface area is 228 Å². The van der Waals surface area contributed by atoms with Gasteiger partial charge in [-0.2, -0.15) is 0 Å². The predicted octanol–water partition coefficient (Wildman–Crippen LogP) is 5.05. The zero-order chi connectivity index (χ0) is 27.8. The molecule has 4 heterocycles. The smallest absolute Gasteiger partial charge is 0.398 e. The molecule has 8 heteroatoms. The molecule has 0 atom stereocenters.